The second-order valence-corrected chi connectivity index (χ2v) is 8.94. The van der Waals surface area contributed by atoms with Gasteiger partial charge < -0.3 is 10.2 Å². The average molecular weight is 492 g/mol. The normalized spacial score (nSPS) is 19.2. The Labute approximate surface area is 173 Å². The van der Waals surface area contributed by atoms with Gasteiger partial charge in [0.2, 0.25) is 10.0 Å². The molecule has 2 N–H and O–H groups in total. The van der Waals surface area contributed by atoms with Gasteiger partial charge in [0.05, 0.1) is 11.4 Å². The van der Waals surface area contributed by atoms with Gasteiger partial charge in [0, 0.05) is 19.6 Å². The number of benzene rings is 1. The van der Waals surface area contributed by atoms with Crippen LogP contribution in [0.25, 0.3) is 0 Å². The predicted octanol–water partition coefficient (Wildman–Crippen LogP) is 2.55. The Balaban J connectivity index is 0.00000243. The number of aliphatic imine (C=N–C) groups is 1. The van der Waals surface area contributed by atoms with E-state index in [0.29, 0.717) is 12.0 Å². The molecule has 0 atom stereocenters. The number of likely N-dealkylation sites (tertiary alicyclic amines) is 1. The molecule has 1 saturated carbocycles. The topological polar surface area (TPSA) is 73.8 Å². The van der Waals surface area contributed by atoms with Gasteiger partial charge in [-0.15, -0.1) is 24.0 Å². The van der Waals surface area contributed by atoms with Gasteiger partial charge in [0.1, 0.15) is 0 Å². The summed E-state index contributed by atoms with van der Waals surface area (Å²) < 4.78 is 26.2. The fraction of sp³-hybridized carbons (Fsp3) is 0.611. The summed E-state index contributed by atoms with van der Waals surface area (Å²) in [5.41, 5.74) is 1.42. The van der Waals surface area contributed by atoms with Crippen LogP contribution >= 0.6 is 24.0 Å². The Morgan fingerprint density at radius 2 is 2.08 bits per heavy atom. The molecule has 1 aliphatic carbocycles. The zero-order valence-corrected chi connectivity index (χ0v) is 18.6. The van der Waals surface area contributed by atoms with Gasteiger partial charge in [0.25, 0.3) is 0 Å². The molecule has 1 spiro atoms. The van der Waals surface area contributed by atoms with E-state index in [1.54, 1.807) is 18.2 Å². The predicted molar refractivity (Wildman–Crippen MR) is 115 cm³/mol. The molecule has 2 fully saturated rings. The number of halogens is 1. The SMILES string of the molecule is CCNC(=NCc1cccc(S(=O)(=O)NC)c1)N1CCC2(CCC2)C1.I. The quantitative estimate of drug-likeness (QED) is 0.377. The van der Waals surface area contributed by atoms with Gasteiger partial charge in [-0.1, -0.05) is 18.6 Å². The molecule has 0 radical (unpaired) electrons. The van der Waals surface area contributed by atoms with Gasteiger partial charge in [-0.2, -0.15) is 0 Å². The van der Waals surface area contributed by atoms with Crippen LogP contribution in [0.2, 0.25) is 0 Å². The Morgan fingerprint density at radius 3 is 2.65 bits per heavy atom. The highest BCUT2D eigenvalue weighted by Crippen LogP contribution is 2.47. The second-order valence-electron chi connectivity index (χ2n) is 7.05. The summed E-state index contributed by atoms with van der Waals surface area (Å²) in [5, 5.41) is 3.38. The molecule has 3 rings (SSSR count). The van der Waals surface area contributed by atoms with Crippen molar-refractivity contribution in [3.8, 4) is 0 Å². The van der Waals surface area contributed by atoms with Crippen LogP contribution in [0.4, 0.5) is 0 Å². The number of hydrogen-bond acceptors (Lipinski definition) is 3. The van der Waals surface area contributed by atoms with Gasteiger partial charge in [0.15, 0.2) is 5.96 Å². The zero-order valence-electron chi connectivity index (χ0n) is 15.5. The Morgan fingerprint density at radius 1 is 1.31 bits per heavy atom. The van der Waals surface area contributed by atoms with E-state index in [2.05, 4.69) is 21.9 Å². The molecule has 1 aromatic carbocycles. The lowest BCUT2D eigenvalue weighted by Gasteiger charge is -2.38. The summed E-state index contributed by atoms with van der Waals surface area (Å²) in [7, 11) is -2.00. The number of nitrogens with zero attached hydrogens (tertiary/aromatic N) is 2. The van der Waals surface area contributed by atoms with Gasteiger partial charge in [-0.3, -0.25) is 0 Å². The lowest BCUT2D eigenvalue weighted by Crippen LogP contribution is -2.42. The van der Waals surface area contributed by atoms with E-state index in [1.807, 2.05) is 6.07 Å². The van der Waals surface area contributed by atoms with Gasteiger partial charge >= 0.3 is 0 Å². The van der Waals surface area contributed by atoms with Crippen molar-refractivity contribution >= 4 is 40.0 Å². The summed E-state index contributed by atoms with van der Waals surface area (Å²) in [4.78, 5) is 7.39. The minimum atomic E-state index is -3.42. The highest BCUT2D eigenvalue weighted by molar-refractivity contribution is 14.0. The maximum Gasteiger partial charge on any atom is 0.240 e. The van der Waals surface area contributed by atoms with Crippen LogP contribution in [0.15, 0.2) is 34.2 Å². The van der Waals surface area contributed by atoms with Crippen LogP contribution in [0.1, 0.15) is 38.2 Å². The van der Waals surface area contributed by atoms with Crippen LogP contribution in [-0.2, 0) is 16.6 Å². The molecule has 0 unspecified atom stereocenters. The first-order valence-corrected chi connectivity index (χ1v) is 10.5. The van der Waals surface area contributed by atoms with Crippen molar-refractivity contribution in [1.82, 2.24) is 14.9 Å². The van der Waals surface area contributed by atoms with Crippen molar-refractivity contribution in [1.29, 1.82) is 0 Å². The second kappa shape index (κ2) is 8.88. The molecular weight excluding hydrogens is 463 g/mol. The molecule has 26 heavy (non-hydrogen) atoms. The van der Waals surface area contributed by atoms with Crippen molar-refractivity contribution in [2.45, 2.75) is 44.0 Å². The lowest BCUT2D eigenvalue weighted by atomic mass is 9.68. The monoisotopic (exact) mass is 492 g/mol. The number of nitrogens with one attached hydrogen (secondary N) is 2. The van der Waals surface area contributed by atoms with Crippen LogP contribution < -0.4 is 10.0 Å². The molecule has 8 heteroatoms. The fourth-order valence-electron chi connectivity index (χ4n) is 3.72. The highest BCUT2D eigenvalue weighted by Gasteiger charge is 2.43. The smallest absolute Gasteiger partial charge is 0.240 e. The van der Waals surface area contributed by atoms with E-state index < -0.39 is 10.0 Å². The molecule has 0 amide bonds. The first-order valence-electron chi connectivity index (χ1n) is 9.04. The molecular formula is C18H29IN4O2S. The Kier molecular flexibility index (Phi) is 7.32. The maximum absolute atomic E-state index is 11.9. The van der Waals surface area contributed by atoms with E-state index in [-0.39, 0.29) is 28.9 Å². The van der Waals surface area contributed by atoms with E-state index in [0.717, 1.165) is 31.2 Å². The Bertz CT molecular complexity index is 747. The molecule has 0 bridgehead atoms. The largest absolute Gasteiger partial charge is 0.357 e. The lowest BCUT2D eigenvalue weighted by molar-refractivity contribution is 0.151. The van der Waals surface area contributed by atoms with Gasteiger partial charge in [-0.05, 0) is 56.3 Å². The number of guanidine groups is 1. The number of sulfonamides is 1. The third kappa shape index (κ3) is 4.69. The first kappa shape index (κ1) is 21.4. The molecule has 6 nitrogen and oxygen atoms in total. The van der Waals surface area contributed by atoms with Gasteiger partial charge in [-0.25, -0.2) is 18.1 Å². The standard InChI is InChI=1S/C18H28N4O2S.HI/c1-3-20-17(22-11-10-18(14-22)8-5-9-18)21-13-15-6-4-7-16(12-15)25(23,24)19-2;/h4,6-7,12,19H,3,5,8-11,13-14H2,1-2H3,(H,20,21);1H. The van der Waals surface area contributed by atoms with Crippen molar-refractivity contribution in [3.63, 3.8) is 0 Å². The molecule has 1 saturated heterocycles. The van der Waals surface area contributed by atoms with E-state index in [9.17, 15) is 8.42 Å². The van der Waals surface area contributed by atoms with E-state index in [1.165, 1.54) is 32.7 Å². The molecule has 1 aliphatic heterocycles. The maximum atomic E-state index is 11.9. The third-order valence-electron chi connectivity index (χ3n) is 5.38. The van der Waals surface area contributed by atoms with Crippen LogP contribution in [0.5, 0.6) is 0 Å². The summed E-state index contributed by atoms with van der Waals surface area (Å²) in [6.07, 6.45) is 5.29. The van der Waals surface area contributed by atoms with Crippen molar-refractivity contribution in [3.05, 3.63) is 29.8 Å². The summed E-state index contributed by atoms with van der Waals surface area (Å²) in [6.45, 7) is 5.52. The van der Waals surface area contributed by atoms with Crippen molar-refractivity contribution < 1.29 is 8.42 Å². The van der Waals surface area contributed by atoms with Crippen LogP contribution in [0, 0.1) is 5.41 Å². The highest BCUT2D eigenvalue weighted by atomic mass is 127. The zero-order chi connectivity index (χ0) is 17.9. The van der Waals surface area contributed by atoms with Crippen LogP contribution in [-0.4, -0.2) is 46.0 Å². The molecule has 1 heterocycles. The molecule has 2 aliphatic rings. The number of rotatable bonds is 5. The third-order valence-corrected chi connectivity index (χ3v) is 6.79. The minimum Gasteiger partial charge on any atom is -0.357 e. The average Bonchev–Trinajstić information content (AvgIpc) is 3.05. The fourth-order valence-corrected chi connectivity index (χ4v) is 4.52. The summed E-state index contributed by atoms with van der Waals surface area (Å²) >= 11 is 0. The van der Waals surface area contributed by atoms with Crippen molar-refractivity contribution in [2.75, 3.05) is 26.7 Å². The Hall–Kier alpha value is -0.870. The minimum absolute atomic E-state index is 0. The molecule has 0 aromatic heterocycles. The van der Waals surface area contributed by atoms with E-state index >= 15 is 0 Å². The summed E-state index contributed by atoms with van der Waals surface area (Å²) in [5.74, 6) is 0.938. The molecule has 146 valence electrons. The molecule has 1 aromatic rings. The van der Waals surface area contributed by atoms with Crippen molar-refractivity contribution in [2.24, 2.45) is 10.4 Å². The van der Waals surface area contributed by atoms with Crippen LogP contribution in [0.3, 0.4) is 0 Å². The number of hydrogen-bond donors (Lipinski definition) is 2. The first-order chi connectivity index (χ1) is 12.0. The summed E-state index contributed by atoms with van der Waals surface area (Å²) in [6, 6.07) is 6.97. The van der Waals surface area contributed by atoms with E-state index in [4.69, 9.17) is 4.99 Å².